The van der Waals surface area contributed by atoms with Gasteiger partial charge in [0.15, 0.2) is 0 Å². The quantitative estimate of drug-likeness (QED) is 0.592. The number of hydrogen-bond acceptors (Lipinski definition) is 3. The molecule has 0 unspecified atom stereocenters. The normalized spacial score (nSPS) is 12.2. The molecule has 0 aliphatic carbocycles. The summed E-state index contributed by atoms with van der Waals surface area (Å²) in [5, 5.41) is 10.8. The molecule has 6 heteroatoms. The number of amides is 1. The topological polar surface area (TPSA) is 58.9 Å². The molecule has 2 aromatic carbocycles. The van der Waals surface area contributed by atoms with Crippen molar-refractivity contribution < 1.29 is 9.18 Å². The van der Waals surface area contributed by atoms with E-state index in [2.05, 4.69) is 43.4 Å². The Balaban J connectivity index is 1.56. The number of anilines is 1. The van der Waals surface area contributed by atoms with Gasteiger partial charge in [-0.05, 0) is 69.7 Å². The molecule has 5 nitrogen and oxygen atoms in total. The molecule has 3 aromatic rings. The van der Waals surface area contributed by atoms with Crippen LogP contribution >= 0.6 is 0 Å². The van der Waals surface area contributed by atoms with E-state index in [1.807, 2.05) is 35.1 Å². The molecule has 2 N–H and O–H groups in total. The predicted octanol–water partition coefficient (Wildman–Crippen LogP) is 5.01. The lowest BCUT2D eigenvalue weighted by molar-refractivity contribution is 0.102. The standard InChI is InChI=1S/C23H27FN4O/c1-15(2)28-17(4)22(14-26-28)16(3)25-13-18-5-11-21(12-6-18)27-23(29)19-7-9-20(24)10-8-19/h5-12,14-16,25H,13H2,1-4H3,(H,27,29)/t16-/m1/s1. The van der Waals surface area contributed by atoms with Gasteiger partial charge in [0.2, 0.25) is 0 Å². The minimum Gasteiger partial charge on any atom is -0.322 e. The number of benzene rings is 2. The Morgan fingerprint density at radius 2 is 1.72 bits per heavy atom. The molecule has 29 heavy (non-hydrogen) atoms. The average molecular weight is 394 g/mol. The number of aromatic nitrogens is 2. The summed E-state index contributed by atoms with van der Waals surface area (Å²) in [4.78, 5) is 12.2. The van der Waals surface area contributed by atoms with E-state index < -0.39 is 0 Å². The van der Waals surface area contributed by atoms with E-state index in [9.17, 15) is 9.18 Å². The Morgan fingerprint density at radius 3 is 2.31 bits per heavy atom. The maximum absolute atomic E-state index is 13.0. The first-order valence-corrected chi connectivity index (χ1v) is 9.78. The first kappa shape index (κ1) is 20.7. The number of hydrogen-bond donors (Lipinski definition) is 2. The summed E-state index contributed by atoms with van der Waals surface area (Å²) in [6.45, 7) is 9.18. The second-order valence-corrected chi connectivity index (χ2v) is 7.48. The summed E-state index contributed by atoms with van der Waals surface area (Å²) in [5.74, 6) is -0.624. The van der Waals surface area contributed by atoms with Gasteiger partial charge < -0.3 is 10.6 Å². The van der Waals surface area contributed by atoms with E-state index >= 15 is 0 Å². The van der Waals surface area contributed by atoms with E-state index in [0.717, 1.165) is 5.56 Å². The van der Waals surface area contributed by atoms with Crippen LogP contribution in [0.25, 0.3) is 0 Å². The first-order valence-electron chi connectivity index (χ1n) is 9.78. The summed E-state index contributed by atoms with van der Waals surface area (Å²) in [7, 11) is 0. The van der Waals surface area contributed by atoms with E-state index in [0.29, 0.717) is 23.8 Å². The van der Waals surface area contributed by atoms with Crippen LogP contribution in [0.3, 0.4) is 0 Å². The molecule has 0 spiro atoms. The van der Waals surface area contributed by atoms with E-state index in [1.54, 1.807) is 0 Å². The number of carbonyl (C=O) groups excluding carboxylic acids is 1. The van der Waals surface area contributed by atoms with Crippen LogP contribution in [-0.2, 0) is 6.54 Å². The van der Waals surface area contributed by atoms with Crippen LogP contribution in [0.4, 0.5) is 10.1 Å². The van der Waals surface area contributed by atoms with Crippen LogP contribution in [0.5, 0.6) is 0 Å². The number of halogens is 1. The molecule has 0 saturated carbocycles. The van der Waals surface area contributed by atoms with Gasteiger partial charge in [-0.3, -0.25) is 9.48 Å². The van der Waals surface area contributed by atoms with Crippen LogP contribution < -0.4 is 10.6 Å². The molecule has 3 rings (SSSR count). The van der Waals surface area contributed by atoms with Crippen molar-refractivity contribution in [3.05, 3.63) is 82.9 Å². The lowest BCUT2D eigenvalue weighted by Crippen LogP contribution is -2.19. The lowest BCUT2D eigenvalue weighted by Gasteiger charge is -2.15. The maximum Gasteiger partial charge on any atom is 0.255 e. The molecule has 1 heterocycles. The molecule has 0 aliphatic heterocycles. The van der Waals surface area contributed by atoms with Gasteiger partial charge in [0.1, 0.15) is 5.82 Å². The highest BCUT2D eigenvalue weighted by atomic mass is 19.1. The van der Waals surface area contributed by atoms with Gasteiger partial charge in [-0.1, -0.05) is 12.1 Å². The van der Waals surface area contributed by atoms with Gasteiger partial charge >= 0.3 is 0 Å². The largest absolute Gasteiger partial charge is 0.322 e. The number of rotatable bonds is 7. The summed E-state index contributed by atoms with van der Waals surface area (Å²) < 4.78 is 15.0. The van der Waals surface area contributed by atoms with E-state index in [-0.39, 0.29) is 17.8 Å². The Labute approximate surface area is 170 Å². The van der Waals surface area contributed by atoms with Crippen molar-refractivity contribution in [1.82, 2.24) is 15.1 Å². The number of carbonyl (C=O) groups is 1. The lowest BCUT2D eigenvalue weighted by atomic mass is 10.1. The van der Waals surface area contributed by atoms with Crippen molar-refractivity contribution in [2.24, 2.45) is 0 Å². The van der Waals surface area contributed by atoms with Crippen molar-refractivity contribution in [1.29, 1.82) is 0 Å². The van der Waals surface area contributed by atoms with Gasteiger partial charge in [0, 0.05) is 41.1 Å². The van der Waals surface area contributed by atoms with Crippen LogP contribution in [0.1, 0.15) is 60.0 Å². The zero-order valence-electron chi connectivity index (χ0n) is 17.2. The fourth-order valence-corrected chi connectivity index (χ4v) is 3.27. The van der Waals surface area contributed by atoms with Gasteiger partial charge in [-0.15, -0.1) is 0 Å². The summed E-state index contributed by atoms with van der Waals surface area (Å²) in [5.41, 5.74) is 4.61. The van der Waals surface area contributed by atoms with Gasteiger partial charge in [-0.25, -0.2) is 4.39 Å². The zero-order valence-corrected chi connectivity index (χ0v) is 17.2. The molecule has 0 fully saturated rings. The Hall–Kier alpha value is -2.99. The van der Waals surface area contributed by atoms with Crippen molar-refractivity contribution in [3.8, 4) is 0 Å². The predicted molar refractivity (Wildman–Crippen MR) is 113 cm³/mol. The summed E-state index contributed by atoms with van der Waals surface area (Å²) >= 11 is 0. The molecule has 0 radical (unpaired) electrons. The second-order valence-electron chi connectivity index (χ2n) is 7.48. The van der Waals surface area contributed by atoms with Gasteiger partial charge in [-0.2, -0.15) is 5.10 Å². The highest BCUT2D eigenvalue weighted by Gasteiger charge is 2.14. The summed E-state index contributed by atoms with van der Waals surface area (Å²) in [6, 6.07) is 13.7. The molecule has 0 saturated heterocycles. The minimum absolute atomic E-state index is 0.181. The van der Waals surface area contributed by atoms with Gasteiger partial charge in [0.05, 0.1) is 6.20 Å². The Morgan fingerprint density at radius 1 is 1.07 bits per heavy atom. The average Bonchev–Trinajstić information content (AvgIpc) is 3.09. The Bertz CT molecular complexity index is 962. The number of nitrogens with zero attached hydrogens (tertiary/aromatic N) is 2. The minimum atomic E-state index is -0.362. The van der Waals surface area contributed by atoms with Crippen molar-refractivity contribution >= 4 is 11.6 Å². The van der Waals surface area contributed by atoms with Crippen molar-refractivity contribution in [2.75, 3.05) is 5.32 Å². The van der Waals surface area contributed by atoms with Crippen LogP contribution in [0.15, 0.2) is 54.7 Å². The monoisotopic (exact) mass is 394 g/mol. The highest BCUT2D eigenvalue weighted by Crippen LogP contribution is 2.20. The molecule has 0 aliphatic rings. The van der Waals surface area contributed by atoms with Crippen LogP contribution in [0.2, 0.25) is 0 Å². The van der Waals surface area contributed by atoms with Gasteiger partial charge in [0.25, 0.3) is 5.91 Å². The van der Waals surface area contributed by atoms with E-state index in [4.69, 9.17) is 0 Å². The molecule has 1 aromatic heterocycles. The molecular weight excluding hydrogens is 367 g/mol. The molecular formula is C23H27FN4O. The SMILES string of the molecule is Cc1c([C@@H](C)NCc2ccc(NC(=O)c3ccc(F)cc3)cc2)cnn1C(C)C. The third kappa shape index (κ3) is 5.09. The fourth-order valence-electron chi connectivity index (χ4n) is 3.27. The fraction of sp³-hybridized carbons (Fsp3) is 0.304. The smallest absolute Gasteiger partial charge is 0.255 e. The van der Waals surface area contributed by atoms with Crippen LogP contribution in [-0.4, -0.2) is 15.7 Å². The second kappa shape index (κ2) is 9.01. The highest BCUT2D eigenvalue weighted by molar-refractivity contribution is 6.04. The van der Waals surface area contributed by atoms with Crippen molar-refractivity contribution in [3.63, 3.8) is 0 Å². The molecule has 152 valence electrons. The maximum atomic E-state index is 13.0. The van der Waals surface area contributed by atoms with E-state index in [1.165, 1.54) is 35.5 Å². The summed E-state index contributed by atoms with van der Waals surface area (Å²) in [6.07, 6.45) is 1.93. The van der Waals surface area contributed by atoms with Crippen LogP contribution in [0, 0.1) is 12.7 Å². The molecule has 0 bridgehead atoms. The molecule has 1 amide bonds. The molecule has 1 atom stereocenters. The third-order valence-corrected chi connectivity index (χ3v) is 4.97. The number of nitrogens with one attached hydrogen (secondary N) is 2. The third-order valence-electron chi connectivity index (χ3n) is 4.97. The Kier molecular flexibility index (Phi) is 6.44. The van der Waals surface area contributed by atoms with Crippen molar-refractivity contribution in [2.45, 2.75) is 46.3 Å². The first-order chi connectivity index (χ1) is 13.8. The zero-order chi connectivity index (χ0) is 21.0.